The van der Waals surface area contributed by atoms with Crippen molar-refractivity contribution in [2.45, 2.75) is 18.0 Å². The maximum atomic E-state index is 12.6. The molecule has 0 aliphatic carbocycles. The minimum absolute atomic E-state index is 0.0929. The van der Waals surface area contributed by atoms with Crippen LogP contribution in [0.3, 0.4) is 0 Å². The van der Waals surface area contributed by atoms with E-state index in [0.29, 0.717) is 13.2 Å². The highest BCUT2D eigenvalue weighted by molar-refractivity contribution is 5.81. The van der Waals surface area contributed by atoms with Crippen LogP contribution >= 0.6 is 0 Å². The smallest absolute Gasteiger partial charge is 0.238 e. The molecule has 6 nitrogen and oxygen atoms in total. The van der Waals surface area contributed by atoms with Crippen molar-refractivity contribution in [3.05, 3.63) is 35.9 Å². The Hall–Kier alpha value is -1.94. The number of hydrogen-bond acceptors (Lipinski definition) is 5. The van der Waals surface area contributed by atoms with Crippen LogP contribution in [0, 0.1) is 11.3 Å². The van der Waals surface area contributed by atoms with Crippen molar-refractivity contribution in [3.63, 3.8) is 0 Å². The summed E-state index contributed by atoms with van der Waals surface area (Å²) in [6.45, 7) is 2.85. The Labute approximate surface area is 135 Å². The van der Waals surface area contributed by atoms with E-state index < -0.39 is 6.04 Å². The summed E-state index contributed by atoms with van der Waals surface area (Å²) < 4.78 is 5.28. The molecule has 6 heteroatoms. The SMILES string of the molecule is N#C[C@H]1[C@@H](c2ccccc2)[C@H](CO)N1C(=O)CN1CCOCC1. The molecule has 0 radical (unpaired) electrons. The van der Waals surface area contributed by atoms with Crippen LogP contribution in [0.2, 0.25) is 0 Å². The summed E-state index contributed by atoms with van der Waals surface area (Å²) in [6.07, 6.45) is 0. The predicted octanol–water partition coefficient (Wildman–Crippen LogP) is 0.198. The van der Waals surface area contributed by atoms with E-state index in [-0.39, 0.29) is 31.0 Å². The lowest BCUT2D eigenvalue weighted by atomic mass is 9.75. The van der Waals surface area contributed by atoms with Crippen molar-refractivity contribution in [2.75, 3.05) is 39.5 Å². The molecule has 0 unspecified atom stereocenters. The number of likely N-dealkylation sites (tertiary alicyclic amines) is 1. The molecule has 0 spiro atoms. The van der Waals surface area contributed by atoms with Crippen molar-refractivity contribution in [2.24, 2.45) is 0 Å². The van der Waals surface area contributed by atoms with E-state index in [1.165, 1.54) is 0 Å². The normalized spacial score (nSPS) is 28.0. The Morgan fingerprint density at radius 2 is 2.00 bits per heavy atom. The van der Waals surface area contributed by atoms with E-state index in [0.717, 1.165) is 18.7 Å². The maximum absolute atomic E-state index is 12.6. The van der Waals surface area contributed by atoms with Crippen molar-refractivity contribution in [1.29, 1.82) is 5.26 Å². The van der Waals surface area contributed by atoms with E-state index in [9.17, 15) is 15.2 Å². The number of morpholine rings is 1. The number of carbonyl (C=O) groups excluding carboxylic acids is 1. The number of hydrogen-bond donors (Lipinski definition) is 1. The fourth-order valence-corrected chi connectivity index (χ4v) is 3.46. The highest BCUT2D eigenvalue weighted by Gasteiger charge is 2.51. The van der Waals surface area contributed by atoms with E-state index in [2.05, 4.69) is 6.07 Å². The highest BCUT2D eigenvalue weighted by Crippen LogP contribution is 2.40. The second kappa shape index (κ2) is 7.09. The summed E-state index contributed by atoms with van der Waals surface area (Å²) in [5.41, 5.74) is 0.994. The van der Waals surface area contributed by atoms with Gasteiger partial charge >= 0.3 is 0 Å². The van der Waals surface area contributed by atoms with Crippen LogP contribution in [0.5, 0.6) is 0 Å². The molecule has 1 aromatic rings. The number of nitrogens with zero attached hydrogens (tertiary/aromatic N) is 3. The van der Waals surface area contributed by atoms with Gasteiger partial charge in [0.1, 0.15) is 6.04 Å². The summed E-state index contributed by atoms with van der Waals surface area (Å²) >= 11 is 0. The third-order valence-corrected chi connectivity index (χ3v) is 4.67. The fraction of sp³-hybridized carbons (Fsp3) is 0.529. The quantitative estimate of drug-likeness (QED) is 0.859. The summed E-state index contributed by atoms with van der Waals surface area (Å²) in [4.78, 5) is 16.2. The zero-order chi connectivity index (χ0) is 16.2. The van der Waals surface area contributed by atoms with Gasteiger partial charge in [0.15, 0.2) is 0 Å². The van der Waals surface area contributed by atoms with Gasteiger partial charge in [-0.15, -0.1) is 0 Å². The van der Waals surface area contributed by atoms with Crippen LogP contribution in [-0.2, 0) is 9.53 Å². The fourth-order valence-electron chi connectivity index (χ4n) is 3.46. The standard InChI is InChI=1S/C17H21N3O3/c18-10-14-17(13-4-2-1-3-5-13)15(12-21)20(14)16(22)11-19-6-8-23-9-7-19/h1-5,14-15,17,21H,6-9,11-12H2/t14-,15-,17+/m0/s1. The lowest BCUT2D eigenvalue weighted by Crippen LogP contribution is -2.66. The average Bonchev–Trinajstić information content (AvgIpc) is 2.56. The zero-order valence-electron chi connectivity index (χ0n) is 13.0. The Balaban J connectivity index is 1.71. The van der Waals surface area contributed by atoms with Gasteiger partial charge in [0, 0.05) is 19.0 Å². The van der Waals surface area contributed by atoms with Gasteiger partial charge in [-0.05, 0) is 5.56 Å². The molecular weight excluding hydrogens is 294 g/mol. The minimum Gasteiger partial charge on any atom is -0.394 e. The predicted molar refractivity (Wildman–Crippen MR) is 83.6 cm³/mol. The van der Waals surface area contributed by atoms with Gasteiger partial charge in [-0.25, -0.2) is 0 Å². The Morgan fingerprint density at radius 3 is 2.61 bits per heavy atom. The van der Waals surface area contributed by atoms with E-state index in [1.807, 2.05) is 35.2 Å². The highest BCUT2D eigenvalue weighted by atomic mass is 16.5. The summed E-state index contributed by atoms with van der Waals surface area (Å²) in [6, 6.07) is 11.0. The van der Waals surface area contributed by atoms with Gasteiger partial charge in [-0.3, -0.25) is 9.69 Å². The first-order valence-corrected chi connectivity index (χ1v) is 7.93. The molecule has 2 saturated heterocycles. The number of nitriles is 1. The van der Waals surface area contributed by atoms with Crippen LogP contribution in [0.4, 0.5) is 0 Å². The summed E-state index contributed by atoms with van der Waals surface area (Å²) in [5.74, 6) is -0.218. The number of rotatable bonds is 4. The molecule has 2 fully saturated rings. The molecule has 3 atom stereocenters. The molecule has 1 amide bonds. The molecule has 2 aliphatic heterocycles. The lowest BCUT2D eigenvalue weighted by Gasteiger charge is -2.52. The number of aliphatic hydroxyl groups excluding tert-OH is 1. The van der Waals surface area contributed by atoms with Crippen LogP contribution in [-0.4, -0.2) is 72.4 Å². The monoisotopic (exact) mass is 315 g/mol. The summed E-state index contributed by atoms with van der Waals surface area (Å²) in [5, 5.41) is 19.2. The topological polar surface area (TPSA) is 76.8 Å². The average molecular weight is 315 g/mol. The molecule has 2 aliphatic rings. The summed E-state index contributed by atoms with van der Waals surface area (Å²) in [7, 11) is 0. The second-order valence-corrected chi connectivity index (χ2v) is 5.95. The van der Waals surface area contributed by atoms with Gasteiger partial charge in [-0.1, -0.05) is 30.3 Å². The van der Waals surface area contributed by atoms with Crippen molar-refractivity contribution in [1.82, 2.24) is 9.80 Å². The van der Waals surface area contributed by atoms with E-state index >= 15 is 0 Å². The van der Waals surface area contributed by atoms with Gasteiger partial charge in [0.05, 0.1) is 38.5 Å². The number of ether oxygens (including phenoxy) is 1. The first-order valence-electron chi connectivity index (χ1n) is 7.93. The third-order valence-electron chi connectivity index (χ3n) is 4.67. The van der Waals surface area contributed by atoms with E-state index in [4.69, 9.17) is 4.74 Å². The largest absolute Gasteiger partial charge is 0.394 e. The Morgan fingerprint density at radius 1 is 1.30 bits per heavy atom. The Bertz CT molecular complexity index is 580. The van der Waals surface area contributed by atoms with Crippen molar-refractivity contribution >= 4 is 5.91 Å². The van der Waals surface area contributed by atoms with Crippen molar-refractivity contribution < 1.29 is 14.6 Å². The number of carbonyl (C=O) groups is 1. The van der Waals surface area contributed by atoms with E-state index in [1.54, 1.807) is 4.90 Å². The second-order valence-electron chi connectivity index (χ2n) is 5.95. The van der Waals surface area contributed by atoms with Crippen LogP contribution in [0.25, 0.3) is 0 Å². The molecule has 0 bridgehead atoms. The molecule has 2 heterocycles. The number of benzene rings is 1. The van der Waals surface area contributed by atoms with Crippen LogP contribution in [0.15, 0.2) is 30.3 Å². The van der Waals surface area contributed by atoms with Gasteiger partial charge in [-0.2, -0.15) is 5.26 Å². The molecule has 1 aromatic carbocycles. The third kappa shape index (κ3) is 3.08. The number of aliphatic hydroxyl groups is 1. The molecule has 0 aromatic heterocycles. The maximum Gasteiger partial charge on any atom is 0.238 e. The first kappa shape index (κ1) is 15.9. The van der Waals surface area contributed by atoms with Crippen molar-refractivity contribution in [3.8, 4) is 6.07 Å². The minimum atomic E-state index is -0.511. The molecular formula is C17H21N3O3. The zero-order valence-corrected chi connectivity index (χ0v) is 13.0. The molecule has 1 N–H and O–H groups in total. The van der Waals surface area contributed by atoms with Gasteiger partial charge in [0.25, 0.3) is 0 Å². The van der Waals surface area contributed by atoms with Crippen LogP contribution in [0.1, 0.15) is 11.5 Å². The Kier molecular flexibility index (Phi) is 4.91. The number of amides is 1. The van der Waals surface area contributed by atoms with Crippen LogP contribution < -0.4 is 0 Å². The van der Waals surface area contributed by atoms with Gasteiger partial charge in [0.2, 0.25) is 5.91 Å². The molecule has 23 heavy (non-hydrogen) atoms. The lowest BCUT2D eigenvalue weighted by molar-refractivity contribution is -0.149. The molecule has 122 valence electrons. The van der Waals surface area contributed by atoms with Gasteiger partial charge < -0.3 is 14.7 Å². The first-order chi connectivity index (χ1) is 11.3. The molecule has 0 saturated carbocycles. The molecule has 3 rings (SSSR count).